The van der Waals surface area contributed by atoms with Crippen molar-refractivity contribution in [2.24, 2.45) is 11.7 Å². The van der Waals surface area contributed by atoms with Gasteiger partial charge in [0.25, 0.3) is 0 Å². The van der Waals surface area contributed by atoms with E-state index >= 15 is 0 Å². The summed E-state index contributed by atoms with van der Waals surface area (Å²) in [4.78, 5) is 3.09. The van der Waals surface area contributed by atoms with Crippen LogP contribution in [0, 0.1) is 12.8 Å². The van der Waals surface area contributed by atoms with Crippen LogP contribution in [0.2, 0.25) is 0 Å². The number of nitrogens with two attached hydrogens (primary N) is 1. The monoisotopic (exact) mass is 274 g/mol. The number of anilines is 1. The zero-order chi connectivity index (χ0) is 13.4. The normalized spacial score (nSPS) is 26.3. The molecule has 2 aliphatic rings. The Kier molecular flexibility index (Phi) is 3.48. The third kappa shape index (κ3) is 2.36. The van der Waals surface area contributed by atoms with Crippen LogP contribution >= 0.6 is 12.2 Å². The van der Waals surface area contributed by atoms with Crippen LogP contribution in [0.1, 0.15) is 43.2 Å². The van der Waals surface area contributed by atoms with Crippen molar-refractivity contribution < 1.29 is 0 Å². The molecule has 1 saturated heterocycles. The summed E-state index contributed by atoms with van der Waals surface area (Å²) in [5.41, 5.74) is 9.47. The maximum atomic E-state index is 5.92. The third-order valence-corrected chi connectivity index (χ3v) is 4.96. The van der Waals surface area contributed by atoms with Crippen molar-refractivity contribution in [3.8, 4) is 0 Å². The molecule has 2 fully saturated rings. The first-order chi connectivity index (χ1) is 9.16. The molecule has 1 aromatic rings. The van der Waals surface area contributed by atoms with E-state index in [0.717, 1.165) is 18.0 Å². The van der Waals surface area contributed by atoms with Crippen molar-refractivity contribution in [2.45, 2.75) is 45.1 Å². The second-order valence-electron chi connectivity index (χ2n) is 5.98. The zero-order valence-corrected chi connectivity index (χ0v) is 12.4. The van der Waals surface area contributed by atoms with E-state index in [1.54, 1.807) is 0 Å². The van der Waals surface area contributed by atoms with E-state index in [2.05, 4.69) is 30.0 Å². The third-order valence-electron chi connectivity index (χ3n) is 4.74. The van der Waals surface area contributed by atoms with Gasteiger partial charge in [-0.05, 0) is 44.2 Å². The Morgan fingerprint density at radius 3 is 2.84 bits per heavy atom. The minimum Gasteiger partial charge on any atom is -0.389 e. The molecular formula is C16H22N2S. The number of rotatable bonds is 2. The molecule has 2 unspecified atom stereocenters. The number of benzene rings is 1. The molecular weight excluding hydrogens is 252 g/mol. The first-order valence-corrected chi connectivity index (χ1v) is 7.75. The largest absolute Gasteiger partial charge is 0.389 e. The summed E-state index contributed by atoms with van der Waals surface area (Å²) < 4.78 is 0. The molecule has 3 heteroatoms. The Morgan fingerprint density at radius 2 is 2.05 bits per heavy atom. The Bertz CT molecular complexity index is 498. The fraction of sp³-hybridized carbons (Fsp3) is 0.562. The predicted octanol–water partition coefficient (Wildman–Crippen LogP) is 3.40. The molecule has 2 atom stereocenters. The van der Waals surface area contributed by atoms with Crippen molar-refractivity contribution in [3.05, 3.63) is 29.3 Å². The van der Waals surface area contributed by atoms with Crippen molar-refractivity contribution in [3.63, 3.8) is 0 Å². The van der Waals surface area contributed by atoms with E-state index in [4.69, 9.17) is 18.0 Å². The maximum Gasteiger partial charge on any atom is 0.106 e. The molecule has 2 N–H and O–H groups in total. The summed E-state index contributed by atoms with van der Waals surface area (Å²) in [6, 6.07) is 7.23. The van der Waals surface area contributed by atoms with E-state index in [1.165, 1.54) is 43.4 Å². The van der Waals surface area contributed by atoms with Crippen molar-refractivity contribution in [2.75, 3.05) is 11.4 Å². The molecule has 0 spiro atoms. The van der Waals surface area contributed by atoms with Gasteiger partial charge in [-0.15, -0.1) is 0 Å². The Morgan fingerprint density at radius 1 is 1.26 bits per heavy atom. The molecule has 0 radical (unpaired) electrons. The molecule has 1 heterocycles. The van der Waals surface area contributed by atoms with Gasteiger partial charge in [0.05, 0.1) is 0 Å². The predicted molar refractivity (Wildman–Crippen MR) is 84.8 cm³/mol. The first kappa shape index (κ1) is 12.9. The van der Waals surface area contributed by atoms with Crippen LogP contribution in [-0.4, -0.2) is 17.6 Å². The molecule has 1 aromatic carbocycles. The number of thiocarbonyl (C=S) groups is 1. The number of fused-ring (bicyclic) bond motifs is 1. The molecule has 2 nitrogen and oxygen atoms in total. The van der Waals surface area contributed by atoms with Gasteiger partial charge >= 0.3 is 0 Å². The second-order valence-corrected chi connectivity index (χ2v) is 6.42. The number of hydrogen-bond acceptors (Lipinski definition) is 2. The molecule has 1 aliphatic carbocycles. The Hall–Kier alpha value is -1.09. The quantitative estimate of drug-likeness (QED) is 0.838. The molecule has 0 bridgehead atoms. The molecule has 19 heavy (non-hydrogen) atoms. The molecule has 3 rings (SSSR count). The van der Waals surface area contributed by atoms with Gasteiger partial charge in [0.2, 0.25) is 0 Å². The van der Waals surface area contributed by atoms with Gasteiger partial charge in [0, 0.05) is 23.8 Å². The van der Waals surface area contributed by atoms with Gasteiger partial charge in [0.15, 0.2) is 0 Å². The topological polar surface area (TPSA) is 29.3 Å². The average Bonchev–Trinajstić information content (AvgIpc) is 2.82. The van der Waals surface area contributed by atoms with Gasteiger partial charge in [-0.2, -0.15) is 0 Å². The summed E-state index contributed by atoms with van der Waals surface area (Å²) in [5, 5.41) is 0. The van der Waals surface area contributed by atoms with E-state index < -0.39 is 0 Å². The summed E-state index contributed by atoms with van der Waals surface area (Å²) in [7, 11) is 0. The van der Waals surface area contributed by atoms with Crippen molar-refractivity contribution in [1.29, 1.82) is 0 Å². The summed E-state index contributed by atoms with van der Waals surface area (Å²) in [6.45, 7) is 3.26. The minimum atomic E-state index is 0.526. The molecule has 0 aromatic heterocycles. The number of hydrogen-bond donors (Lipinski definition) is 1. The molecule has 102 valence electrons. The van der Waals surface area contributed by atoms with Crippen LogP contribution in [0.15, 0.2) is 18.2 Å². The van der Waals surface area contributed by atoms with Crippen LogP contribution in [0.5, 0.6) is 0 Å². The zero-order valence-electron chi connectivity index (χ0n) is 11.6. The molecule has 0 amide bonds. The summed E-state index contributed by atoms with van der Waals surface area (Å²) in [5.74, 6) is 0.884. The van der Waals surface area contributed by atoms with Gasteiger partial charge in [-0.1, -0.05) is 36.7 Å². The lowest BCUT2D eigenvalue weighted by Crippen LogP contribution is -2.36. The van der Waals surface area contributed by atoms with Crippen LogP contribution in [0.4, 0.5) is 5.69 Å². The Labute approximate surface area is 121 Å². The SMILES string of the molecule is Cc1ccc(N2CCC3CCCCC32)c(C(N)=S)c1. The van der Waals surface area contributed by atoms with E-state index in [0.29, 0.717) is 11.0 Å². The van der Waals surface area contributed by atoms with Crippen LogP contribution < -0.4 is 10.6 Å². The second kappa shape index (κ2) is 5.12. The Balaban J connectivity index is 1.95. The molecule has 1 aliphatic heterocycles. The maximum absolute atomic E-state index is 5.92. The van der Waals surface area contributed by atoms with Crippen LogP contribution in [0.25, 0.3) is 0 Å². The van der Waals surface area contributed by atoms with Gasteiger partial charge in [0.1, 0.15) is 4.99 Å². The fourth-order valence-corrected chi connectivity index (χ4v) is 3.97. The van der Waals surface area contributed by atoms with Gasteiger partial charge < -0.3 is 10.6 Å². The average molecular weight is 274 g/mol. The van der Waals surface area contributed by atoms with E-state index in [1.807, 2.05) is 0 Å². The summed E-state index contributed by atoms with van der Waals surface area (Å²) >= 11 is 5.24. The summed E-state index contributed by atoms with van der Waals surface area (Å²) in [6.07, 6.45) is 6.83. The van der Waals surface area contributed by atoms with E-state index in [9.17, 15) is 0 Å². The lowest BCUT2D eigenvalue weighted by Gasteiger charge is -2.34. The van der Waals surface area contributed by atoms with Crippen molar-refractivity contribution >= 4 is 22.9 Å². The smallest absolute Gasteiger partial charge is 0.106 e. The highest BCUT2D eigenvalue weighted by molar-refractivity contribution is 7.80. The minimum absolute atomic E-state index is 0.526. The lowest BCUT2D eigenvalue weighted by molar-refractivity contribution is 0.342. The van der Waals surface area contributed by atoms with Gasteiger partial charge in [-0.3, -0.25) is 0 Å². The highest BCUT2D eigenvalue weighted by atomic mass is 32.1. The first-order valence-electron chi connectivity index (χ1n) is 7.34. The van der Waals surface area contributed by atoms with Crippen molar-refractivity contribution in [1.82, 2.24) is 0 Å². The highest BCUT2D eigenvalue weighted by Gasteiger charge is 2.36. The standard InChI is InChI=1S/C16H22N2S/c1-11-6-7-15(13(10-11)16(17)19)18-9-8-12-4-2-3-5-14(12)18/h6-7,10,12,14H,2-5,8-9H2,1H3,(H2,17,19). The van der Waals surface area contributed by atoms with Crippen LogP contribution in [-0.2, 0) is 0 Å². The van der Waals surface area contributed by atoms with Gasteiger partial charge in [-0.25, -0.2) is 0 Å². The number of nitrogens with zero attached hydrogens (tertiary/aromatic N) is 1. The van der Waals surface area contributed by atoms with E-state index in [-0.39, 0.29) is 0 Å². The fourth-order valence-electron chi connectivity index (χ4n) is 3.80. The lowest BCUT2D eigenvalue weighted by atomic mass is 9.85. The van der Waals surface area contributed by atoms with Crippen LogP contribution in [0.3, 0.4) is 0 Å². The number of aryl methyl sites for hydroxylation is 1. The molecule has 1 saturated carbocycles. The highest BCUT2D eigenvalue weighted by Crippen LogP contribution is 2.40.